The normalized spacial score (nSPS) is 10.5. The molecule has 2 N–H and O–H groups in total. The summed E-state index contributed by atoms with van der Waals surface area (Å²) >= 11 is 11.9. The molecule has 24 heavy (non-hydrogen) atoms. The largest absolute Gasteiger partial charge is 0.339 e. The minimum absolute atomic E-state index is 0.0109. The Labute approximate surface area is 147 Å². The number of nitrogens with zero attached hydrogens (tertiary/aromatic N) is 3. The summed E-state index contributed by atoms with van der Waals surface area (Å²) in [5, 5.41) is 14.5. The Morgan fingerprint density at radius 1 is 1.04 bits per heavy atom. The maximum atomic E-state index is 13.2. The Hall–Kier alpha value is -2.44. The van der Waals surface area contributed by atoms with Crippen LogP contribution in [0.3, 0.4) is 0 Å². The fourth-order valence-electron chi connectivity index (χ4n) is 2.00. The van der Waals surface area contributed by atoms with E-state index in [0.29, 0.717) is 16.5 Å². The van der Waals surface area contributed by atoms with Gasteiger partial charge in [0, 0.05) is 16.4 Å². The molecule has 0 unspecified atom stereocenters. The van der Waals surface area contributed by atoms with Crippen LogP contribution in [0, 0.1) is 12.7 Å². The van der Waals surface area contributed by atoms with E-state index in [-0.39, 0.29) is 11.0 Å². The molecule has 0 aliphatic heterocycles. The maximum absolute atomic E-state index is 13.2. The Balaban J connectivity index is 1.81. The van der Waals surface area contributed by atoms with E-state index in [1.165, 1.54) is 24.4 Å². The lowest BCUT2D eigenvalue weighted by Crippen LogP contribution is -2.03. The fourth-order valence-corrected chi connectivity index (χ4v) is 2.36. The van der Waals surface area contributed by atoms with Crippen LogP contribution in [0.4, 0.5) is 27.5 Å². The molecule has 3 aromatic rings. The van der Waals surface area contributed by atoms with Crippen LogP contribution in [0.1, 0.15) is 5.56 Å². The second-order valence-corrected chi connectivity index (χ2v) is 5.77. The third-order valence-electron chi connectivity index (χ3n) is 3.27. The average Bonchev–Trinajstić information content (AvgIpc) is 2.56. The van der Waals surface area contributed by atoms with E-state index >= 15 is 0 Å². The molecule has 0 amide bonds. The number of anilines is 4. The van der Waals surface area contributed by atoms with Crippen molar-refractivity contribution < 1.29 is 4.39 Å². The molecule has 0 aliphatic rings. The highest BCUT2D eigenvalue weighted by atomic mass is 35.5. The van der Waals surface area contributed by atoms with Crippen molar-refractivity contribution in [1.29, 1.82) is 0 Å². The Morgan fingerprint density at radius 3 is 2.67 bits per heavy atom. The number of hydrogen-bond acceptors (Lipinski definition) is 5. The van der Waals surface area contributed by atoms with Crippen LogP contribution in [0.25, 0.3) is 0 Å². The predicted molar refractivity (Wildman–Crippen MR) is 94.0 cm³/mol. The monoisotopic (exact) mass is 363 g/mol. The lowest BCUT2D eigenvalue weighted by Gasteiger charge is -2.10. The van der Waals surface area contributed by atoms with Gasteiger partial charge in [0.1, 0.15) is 5.82 Å². The first-order chi connectivity index (χ1) is 11.5. The zero-order chi connectivity index (χ0) is 17.1. The first-order valence-electron chi connectivity index (χ1n) is 6.97. The summed E-state index contributed by atoms with van der Waals surface area (Å²) in [5.41, 5.74) is 2.27. The molecule has 0 atom stereocenters. The van der Waals surface area contributed by atoms with E-state index in [9.17, 15) is 4.39 Å². The summed E-state index contributed by atoms with van der Waals surface area (Å²) < 4.78 is 13.2. The molecule has 1 aromatic heterocycles. The van der Waals surface area contributed by atoms with Crippen molar-refractivity contribution in [3.8, 4) is 0 Å². The molecule has 2 aromatic carbocycles. The third-order valence-corrected chi connectivity index (χ3v) is 3.96. The van der Waals surface area contributed by atoms with Crippen LogP contribution in [0.15, 0.2) is 42.6 Å². The molecule has 3 rings (SSSR count). The molecule has 122 valence electrons. The average molecular weight is 364 g/mol. The van der Waals surface area contributed by atoms with Crippen LogP contribution in [0.5, 0.6) is 0 Å². The van der Waals surface area contributed by atoms with Crippen molar-refractivity contribution >= 4 is 46.3 Å². The quantitative estimate of drug-likeness (QED) is 0.673. The molecule has 5 nitrogen and oxygen atoms in total. The summed E-state index contributed by atoms with van der Waals surface area (Å²) in [6.45, 7) is 1.90. The van der Waals surface area contributed by atoms with Gasteiger partial charge in [0.05, 0.1) is 11.2 Å². The standard InChI is InChI=1S/C16H12Cl2FN5/c1-9-11(17)3-2-4-14(9)22-15-8-20-24-16(23-15)21-10-5-6-13(19)12(18)7-10/h2-8H,1H3,(H2,21,22,23,24). The van der Waals surface area contributed by atoms with E-state index < -0.39 is 5.82 Å². The molecule has 0 radical (unpaired) electrons. The topological polar surface area (TPSA) is 62.7 Å². The summed E-state index contributed by atoms with van der Waals surface area (Å²) in [4.78, 5) is 4.31. The van der Waals surface area contributed by atoms with Gasteiger partial charge in [0.25, 0.3) is 0 Å². The lowest BCUT2D eigenvalue weighted by atomic mass is 10.2. The fraction of sp³-hybridized carbons (Fsp3) is 0.0625. The summed E-state index contributed by atoms with van der Waals surface area (Å²) in [7, 11) is 0. The maximum Gasteiger partial charge on any atom is 0.249 e. The van der Waals surface area contributed by atoms with Gasteiger partial charge in [-0.05, 0) is 42.8 Å². The van der Waals surface area contributed by atoms with E-state index in [1.54, 1.807) is 0 Å². The highest BCUT2D eigenvalue weighted by Crippen LogP contribution is 2.26. The van der Waals surface area contributed by atoms with Gasteiger partial charge in [0.2, 0.25) is 5.95 Å². The highest BCUT2D eigenvalue weighted by molar-refractivity contribution is 6.31. The molecular weight excluding hydrogens is 352 g/mol. The minimum Gasteiger partial charge on any atom is -0.339 e. The van der Waals surface area contributed by atoms with Gasteiger partial charge in [-0.15, -0.1) is 5.10 Å². The van der Waals surface area contributed by atoms with Crippen molar-refractivity contribution in [1.82, 2.24) is 15.2 Å². The SMILES string of the molecule is Cc1c(Cl)cccc1Nc1cnnc(Nc2ccc(F)c(Cl)c2)n1. The number of benzene rings is 2. The van der Waals surface area contributed by atoms with Crippen molar-refractivity contribution in [3.63, 3.8) is 0 Å². The first kappa shape index (κ1) is 16.4. The predicted octanol–water partition coefficient (Wildman–Crippen LogP) is 5.11. The molecule has 0 fully saturated rings. The van der Waals surface area contributed by atoms with E-state index in [4.69, 9.17) is 23.2 Å². The van der Waals surface area contributed by atoms with Gasteiger partial charge in [0.15, 0.2) is 5.82 Å². The first-order valence-corrected chi connectivity index (χ1v) is 7.72. The number of nitrogens with one attached hydrogen (secondary N) is 2. The highest BCUT2D eigenvalue weighted by Gasteiger charge is 2.07. The molecule has 1 heterocycles. The lowest BCUT2D eigenvalue weighted by molar-refractivity contribution is 0.628. The molecule has 0 saturated carbocycles. The van der Waals surface area contributed by atoms with Crippen molar-refractivity contribution in [2.24, 2.45) is 0 Å². The molecule has 8 heteroatoms. The molecular formula is C16H12Cl2FN5. The Bertz CT molecular complexity index is 888. The zero-order valence-electron chi connectivity index (χ0n) is 12.5. The second-order valence-electron chi connectivity index (χ2n) is 4.96. The van der Waals surface area contributed by atoms with E-state index in [1.807, 2.05) is 25.1 Å². The number of aromatic nitrogens is 3. The van der Waals surface area contributed by atoms with Crippen molar-refractivity contribution in [3.05, 3.63) is 64.0 Å². The molecule has 0 bridgehead atoms. The second kappa shape index (κ2) is 6.98. The van der Waals surface area contributed by atoms with Crippen molar-refractivity contribution in [2.45, 2.75) is 6.92 Å². The zero-order valence-corrected chi connectivity index (χ0v) is 14.0. The molecule has 0 spiro atoms. The number of hydrogen-bond donors (Lipinski definition) is 2. The van der Waals surface area contributed by atoms with Crippen LogP contribution in [0.2, 0.25) is 10.0 Å². The van der Waals surface area contributed by atoms with Gasteiger partial charge in [-0.3, -0.25) is 0 Å². The smallest absolute Gasteiger partial charge is 0.249 e. The Kier molecular flexibility index (Phi) is 4.78. The third kappa shape index (κ3) is 3.72. The molecule has 0 saturated heterocycles. The van der Waals surface area contributed by atoms with Crippen LogP contribution in [-0.4, -0.2) is 15.2 Å². The van der Waals surface area contributed by atoms with Gasteiger partial charge in [-0.25, -0.2) is 4.39 Å². The van der Waals surface area contributed by atoms with Crippen LogP contribution < -0.4 is 10.6 Å². The van der Waals surface area contributed by atoms with Gasteiger partial charge >= 0.3 is 0 Å². The van der Waals surface area contributed by atoms with Gasteiger partial charge in [-0.2, -0.15) is 10.1 Å². The van der Waals surface area contributed by atoms with Gasteiger partial charge in [-0.1, -0.05) is 29.3 Å². The Morgan fingerprint density at radius 2 is 1.88 bits per heavy atom. The molecule has 0 aliphatic carbocycles. The van der Waals surface area contributed by atoms with Gasteiger partial charge < -0.3 is 10.6 Å². The summed E-state index contributed by atoms with van der Waals surface area (Å²) in [6.07, 6.45) is 1.49. The van der Waals surface area contributed by atoms with E-state index in [0.717, 1.165) is 11.3 Å². The number of rotatable bonds is 4. The minimum atomic E-state index is -0.492. The van der Waals surface area contributed by atoms with E-state index in [2.05, 4.69) is 25.8 Å². The van der Waals surface area contributed by atoms with Crippen LogP contribution >= 0.6 is 23.2 Å². The van der Waals surface area contributed by atoms with Crippen molar-refractivity contribution in [2.75, 3.05) is 10.6 Å². The number of halogens is 3. The summed E-state index contributed by atoms with van der Waals surface area (Å²) in [5.74, 6) is 0.251. The summed E-state index contributed by atoms with van der Waals surface area (Å²) in [6, 6.07) is 9.77. The van der Waals surface area contributed by atoms with Crippen LogP contribution in [-0.2, 0) is 0 Å².